The summed E-state index contributed by atoms with van der Waals surface area (Å²) in [4.78, 5) is 0. The molecule has 17 heavy (non-hydrogen) atoms. The zero-order chi connectivity index (χ0) is 13.5. The summed E-state index contributed by atoms with van der Waals surface area (Å²) in [5, 5.41) is 0. The molecule has 0 rings (SSSR count). The Morgan fingerprint density at radius 1 is 0.529 bits per heavy atom. The fraction of sp³-hybridized carbons (Fsp3) is 0. The first-order valence-corrected chi connectivity index (χ1v) is 9.00. The van der Waals surface area contributed by atoms with Crippen molar-refractivity contribution in [2.24, 2.45) is 0 Å². The van der Waals surface area contributed by atoms with E-state index in [1.807, 2.05) is 0 Å². The van der Waals surface area contributed by atoms with E-state index in [1.165, 1.54) is 0 Å². The van der Waals surface area contributed by atoms with Crippen LogP contribution in [0.4, 0.5) is 0 Å². The van der Waals surface area contributed by atoms with Crippen LogP contribution in [0.5, 0.6) is 0 Å². The Bertz CT molecular complexity index is 344. The van der Waals surface area contributed by atoms with Gasteiger partial charge in [0.05, 0.1) is 0 Å². The third-order valence-electron chi connectivity index (χ3n) is 0. The van der Waals surface area contributed by atoms with Gasteiger partial charge >= 0.3 is 79.9 Å². The smallest absolute Gasteiger partial charge is 0.780 e. The van der Waals surface area contributed by atoms with Crippen LogP contribution in [0.1, 0.15) is 0 Å². The van der Waals surface area contributed by atoms with Crippen LogP contribution in [0, 0.1) is 79.9 Å². The summed E-state index contributed by atoms with van der Waals surface area (Å²) in [5.74, 6) is 0. The fourth-order valence-corrected chi connectivity index (χ4v) is 0. The summed E-state index contributed by atoms with van der Waals surface area (Å²) in [6.07, 6.45) is 0. The molecule has 106 valence electrons. The van der Waals surface area contributed by atoms with Crippen molar-refractivity contribution in [2.75, 3.05) is 0 Å². The van der Waals surface area contributed by atoms with Crippen LogP contribution < -0.4 is 0 Å². The Morgan fingerprint density at radius 3 is 0.529 bits per heavy atom. The largest absolute Gasteiger partial charge is 3.00 e. The molecule has 17 heteroatoms. The van der Waals surface area contributed by atoms with Crippen molar-refractivity contribution in [3.63, 3.8) is 0 Å². The predicted octanol–water partition coefficient (Wildman–Crippen LogP) is -3.02. The number of rotatable bonds is 0. The van der Waals surface area contributed by atoms with Gasteiger partial charge in [-0.25, -0.2) is 0 Å². The van der Waals surface area contributed by atoms with Gasteiger partial charge in [0.1, 0.15) is 0 Å². The van der Waals surface area contributed by atoms with E-state index in [-0.39, 0.29) is 79.9 Å². The summed E-state index contributed by atoms with van der Waals surface area (Å²) in [6, 6.07) is 0. The second-order valence-electron chi connectivity index (χ2n) is 1.22. The van der Waals surface area contributed by atoms with Gasteiger partial charge in [0, 0.05) is 0 Å². The minimum Gasteiger partial charge on any atom is -0.780 e. The summed E-state index contributed by atoms with van der Waals surface area (Å²) in [5.41, 5.74) is 0. The Balaban J connectivity index is -0.0000000400. The molecule has 0 aliphatic carbocycles. The van der Waals surface area contributed by atoms with E-state index >= 15 is 0 Å². The zero-order valence-electron chi connectivity index (χ0n) is 6.83. The topological polar surface area (TPSA) is 190 Å². The van der Waals surface area contributed by atoms with Gasteiger partial charge in [-0.2, -0.15) is 0 Å². The number of hydrogen-bond acceptors (Lipinski definition) is 12. The summed E-state index contributed by atoms with van der Waals surface area (Å²) in [6.45, 7) is 0. The van der Waals surface area contributed by atoms with E-state index in [0.29, 0.717) is 0 Å². The Hall–Kier alpha value is 3.52. The molecule has 0 saturated carbocycles. The first-order chi connectivity index (χ1) is 6.00. The summed E-state index contributed by atoms with van der Waals surface area (Å²) >= 11 is 9.73. The van der Waals surface area contributed by atoms with Gasteiger partial charge in [0.15, 0.2) is 0 Å². The second-order valence-corrected chi connectivity index (χ2v) is 7.35. The molecule has 0 aromatic heterocycles. The first kappa shape index (κ1) is 32.5. The third kappa shape index (κ3) is 484. The first-order valence-electron chi connectivity index (χ1n) is 2.00. The molecule has 0 atom stereocenters. The average molecular weight is 651 g/mol. The van der Waals surface area contributed by atoms with Crippen LogP contribution in [0.15, 0.2) is 0 Å². The van der Waals surface area contributed by atoms with Gasteiger partial charge in [0.2, 0.25) is 0 Å². The number of hydrogen-bond donors (Lipinski definition) is 0. The third-order valence-corrected chi connectivity index (χ3v) is 0. The molecule has 2 radical (unpaired) electrons. The van der Waals surface area contributed by atoms with Crippen molar-refractivity contribution in [2.45, 2.75) is 0 Å². The van der Waals surface area contributed by atoms with E-state index < -0.39 is 27.2 Å². The molecule has 0 saturated heterocycles. The van der Waals surface area contributed by atoms with E-state index in [0.717, 1.165) is 0 Å². The molecule has 0 bridgehead atoms. The molecule has 0 amide bonds. The van der Waals surface area contributed by atoms with Gasteiger partial charge < -0.3 is 27.3 Å². The van der Waals surface area contributed by atoms with E-state index in [9.17, 15) is 0 Å². The van der Waals surface area contributed by atoms with Crippen molar-refractivity contribution >= 4 is 60.7 Å². The Kier molecular flexibility index (Phi) is 27.6. The average Bonchev–Trinajstić information content (AvgIpc) is 1.41. The molecule has 0 aliphatic heterocycles. The van der Waals surface area contributed by atoms with E-state index in [1.54, 1.807) is 0 Å². The van der Waals surface area contributed by atoms with Crippen molar-refractivity contribution in [3.05, 3.63) is 0 Å². The van der Waals surface area contributed by atoms with Gasteiger partial charge in [-0.05, 0) is 33.6 Å². The van der Waals surface area contributed by atoms with E-state index in [2.05, 4.69) is 33.6 Å². The van der Waals surface area contributed by atoms with Crippen molar-refractivity contribution in [3.8, 4) is 0 Å². The maximum Gasteiger partial charge on any atom is 3.00 e. The minimum absolute atomic E-state index is 0. The quantitative estimate of drug-likeness (QED) is 0.258. The molecular weight excluding hydrogens is 651 g/mol. The van der Waals surface area contributed by atoms with E-state index in [4.69, 9.17) is 39.9 Å². The van der Waals surface area contributed by atoms with Gasteiger partial charge in [0.25, 0.3) is 0 Å². The van der Waals surface area contributed by atoms with Crippen LogP contribution in [0.25, 0.3) is 0 Å². The van der Waals surface area contributed by atoms with Crippen LogP contribution in [0.3, 0.4) is 0 Å². The molecule has 0 heterocycles. The second kappa shape index (κ2) is 14.5. The molecule has 0 spiro atoms. The van der Waals surface area contributed by atoms with Crippen LogP contribution >= 0.6 is 0 Å². The molecule has 0 aliphatic rings. The zero-order valence-corrected chi connectivity index (χ0v) is 16.3. The molecular formula is Gd2O9S6. The fourth-order valence-electron chi connectivity index (χ4n) is 0. The molecule has 0 N–H and O–H groups in total. The van der Waals surface area contributed by atoms with Crippen LogP contribution in [-0.4, -0.2) is 39.9 Å². The van der Waals surface area contributed by atoms with Gasteiger partial charge in [-0.1, -0.05) is 0 Å². The maximum absolute atomic E-state index is 8.89. The van der Waals surface area contributed by atoms with Gasteiger partial charge in [-0.3, -0.25) is 12.6 Å². The van der Waals surface area contributed by atoms with Crippen molar-refractivity contribution in [1.82, 2.24) is 0 Å². The van der Waals surface area contributed by atoms with Crippen LogP contribution in [-0.2, 0) is 60.7 Å². The molecule has 0 aromatic rings. The molecule has 0 unspecified atom stereocenters. The Morgan fingerprint density at radius 2 is 0.529 bits per heavy atom. The van der Waals surface area contributed by atoms with Crippen molar-refractivity contribution < 1.29 is 120 Å². The molecule has 9 nitrogen and oxygen atoms in total. The monoisotopic (exact) mass is 652 g/mol. The maximum atomic E-state index is 8.89. The Labute approximate surface area is 177 Å². The van der Waals surface area contributed by atoms with Gasteiger partial charge in [-0.15, -0.1) is 27.2 Å². The van der Waals surface area contributed by atoms with Crippen molar-refractivity contribution in [1.29, 1.82) is 0 Å². The van der Waals surface area contributed by atoms with Crippen LogP contribution in [0.2, 0.25) is 0 Å². The predicted molar refractivity (Wildman–Crippen MR) is 51.2 cm³/mol. The summed E-state index contributed by atoms with van der Waals surface area (Å²) in [7, 11) is -13.0. The molecule has 0 aromatic carbocycles. The minimum atomic E-state index is -4.33. The normalized spacial score (nSPS) is 10.2. The standard InChI is InChI=1S/2Gd.3H2O3S2/c;;3*1-5(2,3)4/h;;3*(H2,1,2,3,4)/q2*+3;;;/p-6. The molecule has 0 fully saturated rings. The SMILES string of the molecule is O=S([O-])([O-])=S.O=S([O-])([O-])=S.O=S([O-])([O-])=S.[Gd+3].[Gd+3]. The summed E-state index contributed by atoms with van der Waals surface area (Å²) < 4.78 is 80.0.